The van der Waals surface area contributed by atoms with Gasteiger partial charge in [0.25, 0.3) is 5.56 Å². The molecular weight excluding hydrogens is 258 g/mol. The van der Waals surface area contributed by atoms with E-state index in [2.05, 4.69) is 30.6 Å². The number of pyridine rings is 1. The smallest absolute Gasteiger partial charge is 0.258 e. The molecule has 0 amide bonds. The average Bonchev–Trinajstić information content (AvgIpc) is 2.94. The first-order chi connectivity index (χ1) is 9.76. The van der Waals surface area contributed by atoms with Crippen molar-refractivity contribution in [1.29, 1.82) is 0 Å². The van der Waals surface area contributed by atoms with Gasteiger partial charge in [0.2, 0.25) is 0 Å². The third-order valence-electron chi connectivity index (χ3n) is 2.89. The van der Waals surface area contributed by atoms with E-state index >= 15 is 0 Å². The number of hydrogen-bond acceptors (Lipinski definition) is 6. The summed E-state index contributed by atoms with van der Waals surface area (Å²) in [5.41, 5.74) is 1.20. The first-order valence-electron chi connectivity index (χ1n) is 6.22. The van der Waals surface area contributed by atoms with Crippen LogP contribution in [0.3, 0.4) is 0 Å². The van der Waals surface area contributed by atoms with Gasteiger partial charge in [-0.15, -0.1) is 5.10 Å². The summed E-state index contributed by atoms with van der Waals surface area (Å²) in [6.45, 7) is 3.27. The van der Waals surface area contributed by atoms with E-state index in [9.17, 15) is 4.79 Å². The lowest BCUT2D eigenvalue weighted by Gasteiger charge is -2.03. The minimum Gasteiger partial charge on any atom is -0.364 e. The van der Waals surface area contributed by atoms with Crippen molar-refractivity contribution in [2.24, 2.45) is 0 Å². The molecule has 0 aliphatic heterocycles. The van der Waals surface area contributed by atoms with Crippen molar-refractivity contribution in [1.82, 2.24) is 29.9 Å². The zero-order valence-corrected chi connectivity index (χ0v) is 10.9. The third kappa shape index (κ3) is 2.35. The number of aromatic nitrogens is 6. The molecule has 0 atom stereocenters. The fraction of sp³-hybridized carbons (Fsp3) is 0.250. The van der Waals surface area contributed by atoms with Crippen LogP contribution in [0.2, 0.25) is 0 Å². The van der Waals surface area contributed by atoms with Gasteiger partial charge in [0.15, 0.2) is 0 Å². The molecule has 0 aromatic carbocycles. The lowest BCUT2D eigenvalue weighted by Crippen LogP contribution is -2.08. The van der Waals surface area contributed by atoms with Crippen LogP contribution in [0.5, 0.6) is 0 Å². The molecule has 0 fully saturated rings. The van der Waals surface area contributed by atoms with E-state index in [1.54, 1.807) is 16.9 Å². The molecule has 0 bridgehead atoms. The van der Waals surface area contributed by atoms with Crippen LogP contribution in [0.25, 0.3) is 10.9 Å². The third-order valence-corrected chi connectivity index (χ3v) is 2.89. The van der Waals surface area contributed by atoms with E-state index in [1.807, 2.05) is 13.1 Å². The Morgan fingerprint density at radius 2 is 2.30 bits per heavy atom. The van der Waals surface area contributed by atoms with E-state index in [0.29, 0.717) is 23.3 Å². The van der Waals surface area contributed by atoms with Crippen LogP contribution in [0.15, 0.2) is 29.6 Å². The summed E-state index contributed by atoms with van der Waals surface area (Å²) in [6, 6.07) is 1.67. The van der Waals surface area contributed by atoms with E-state index in [-0.39, 0.29) is 5.56 Å². The number of hydrogen-bond donors (Lipinski definition) is 2. The second kappa shape index (κ2) is 5.08. The Morgan fingerprint density at radius 3 is 3.10 bits per heavy atom. The molecule has 3 aromatic rings. The van der Waals surface area contributed by atoms with Crippen molar-refractivity contribution in [3.8, 4) is 0 Å². The fourth-order valence-corrected chi connectivity index (χ4v) is 1.82. The number of H-pyrrole nitrogens is 1. The molecule has 0 radical (unpaired) electrons. The monoisotopic (exact) mass is 271 g/mol. The van der Waals surface area contributed by atoms with Crippen LogP contribution >= 0.6 is 0 Å². The van der Waals surface area contributed by atoms with Gasteiger partial charge in [-0.25, -0.2) is 9.97 Å². The van der Waals surface area contributed by atoms with Gasteiger partial charge >= 0.3 is 0 Å². The Labute approximate surface area is 113 Å². The highest BCUT2D eigenvalue weighted by molar-refractivity contribution is 5.78. The maximum absolute atomic E-state index is 11.7. The van der Waals surface area contributed by atoms with E-state index in [0.717, 1.165) is 12.2 Å². The number of anilines is 1. The maximum atomic E-state index is 11.7. The molecule has 2 N–H and O–H groups in total. The van der Waals surface area contributed by atoms with E-state index < -0.39 is 0 Å². The highest BCUT2D eigenvalue weighted by atomic mass is 16.1. The normalized spacial score (nSPS) is 10.8. The van der Waals surface area contributed by atoms with Crippen LogP contribution < -0.4 is 10.9 Å². The minimum absolute atomic E-state index is 0.183. The molecule has 3 heterocycles. The Bertz CT molecular complexity index is 792. The largest absolute Gasteiger partial charge is 0.364 e. The Hall–Kier alpha value is -2.77. The van der Waals surface area contributed by atoms with Crippen LogP contribution in [-0.2, 0) is 13.1 Å². The second-order valence-corrected chi connectivity index (χ2v) is 4.24. The van der Waals surface area contributed by atoms with Crippen LogP contribution in [0.4, 0.5) is 5.82 Å². The van der Waals surface area contributed by atoms with Gasteiger partial charge in [0.1, 0.15) is 11.5 Å². The highest BCUT2D eigenvalue weighted by Crippen LogP contribution is 2.10. The lowest BCUT2D eigenvalue weighted by molar-refractivity contribution is 0.626. The number of aromatic amines is 1. The Balaban J connectivity index is 1.80. The van der Waals surface area contributed by atoms with Gasteiger partial charge < -0.3 is 10.3 Å². The zero-order chi connectivity index (χ0) is 13.9. The number of rotatable bonds is 4. The molecule has 0 unspecified atom stereocenters. The molecule has 0 aliphatic carbocycles. The predicted molar refractivity (Wildman–Crippen MR) is 73.2 cm³/mol. The summed E-state index contributed by atoms with van der Waals surface area (Å²) < 4.78 is 1.75. The van der Waals surface area contributed by atoms with E-state index in [1.165, 1.54) is 6.33 Å². The minimum atomic E-state index is -0.183. The van der Waals surface area contributed by atoms with Gasteiger partial charge in [-0.05, 0) is 13.0 Å². The number of fused-ring (bicyclic) bond motifs is 1. The highest BCUT2D eigenvalue weighted by Gasteiger charge is 2.04. The summed E-state index contributed by atoms with van der Waals surface area (Å²) >= 11 is 0. The van der Waals surface area contributed by atoms with Crippen molar-refractivity contribution in [2.75, 3.05) is 5.32 Å². The van der Waals surface area contributed by atoms with E-state index in [4.69, 9.17) is 0 Å². The molecule has 3 aromatic heterocycles. The SMILES string of the molecule is CCn1cc(CNc2cc3c(=O)[nH]cnc3cn2)nn1. The molecular formula is C12H13N7O. The summed E-state index contributed by atoms with van der Waals surface area (Å²) in [7, 11) is 0. The Morgan fingerprint density at radius 1 is 1.40 bits per heavy atom. The quantitative estimate of drug-likeness (QED) is 0.718. The maximum Gasteiger partial charge on any atom is 0.258 e. The fourth-order valence-electron chi connectivity index (χ4n) is 1.82. The molecule has 8 nitrogen and oxygen atoms in total. The molecule has 20 heavy (non-hydrogen) atoms. The van der Waals surface area contributed by atoms with Crippen LogP contribution in [0.1, 0.15) is 12.6 Å². The lowest BCUT2D eigenvalue weighted by atomic mass is 10.3. The molecule has 0 aliphatic rings. The van der Waals surface area contributed by atoms with Gasteiger partial charge in [-0.2, -0.15) is 0 Å². The standard InChI is InChI=1S/C12H13N7O/c1-2-19-6-8(17-18-19)4-13-11-3-9-10(5-14-11)15-7-16-12(9)20/h3,5-7H,2,4H2,1H3,(H,13,14)(H,15,16,20). The van der Waals surface area contributed by atoms with Gasteiger partial charge in [0, 0.05) is 6.54 Å². The Kier molecular flexibility index (Phi) is 3.12. The zero-order valence-electron chi connectivity index (χ0n) is 10.9. The number of nitrogens with zero attached hydrogens (tertiary/aromatic N) is 5. The van der Waals surface area contributed by atoms with Crippen molar-refractivity contribution in [2.45, 2.75) is 20.0 Å². The van der Waals surface area contributed by atoms with Crippen molar-refractivity contribution in [3.63, 3.8) is 0 Å². The first-order valence-corrected chi connectivity index (χ1v) is 6.22. The molecule has 0 spiro atoms. The van der Waals surface area contributed by atoms with Gasteiger partial charge in [-0.3, -0.25) is 9.48 Å². The van der Waals surface area contributed by atoms with Crippen LogP contribution in [-0.4, -0.2) is 29.9 Å². The summed E-state index contributed by atoms with van der Waals surface area (Å²) in [5.74, 6) is 0.599. The summed E-state index contributed by atoms with van der Waals surface area (Å²) in [5, 5.41) is 11.6. The van der Waals surface area contributed by atoms with Crippen molar-refractivity contribution in [3.05, 3.63) is 40.8 Å². The molecule has 3 rings (SSSR count). The van der Waals surface area contributed by atoms with Gasteiger partial charge in [0.05, 0.1) is 36.2 Å². The molecule has 0 saturated heterocycles. The number of nitrogens with one attached hydrogen (secondary N) is 2. The van der Waals surface area contributed by atoms with Crippen molar-refractivity contribution >= 4 is 16.7 Å². The van der Waals surface area contributed by atoms with Crippen LogP contribution in [0, 0.1) is 0 Å². The molecule has 8 heteroatoms. The van der Waals surface area contributed by atoms with Crippen molar-refractivity contribution < 1.29 is 0 Å². The molecule has 0 saturated carbocycles. The second-order valence-electron chi connectivity index (χ2n) is 4.24. The summed E-state index contributed by atoms with van der Waals surface area (Å²) in [6.07, 6.45) is 4.79. The molecule has 102 valence electrons. The summed E-state index contributed by atoms with van der Waals surface area (Å²) in [4.78, 5) is 22.5. The van der Waals surface area contributed by atoms with Gasteiger partial charge in [-0.1, -0.05) is 5.21 Å². The topological polar surface area (TPSA) is 101 Å². The average molecular weight is 271 g/mol. The first kappa shape index (κ1) is 12.3. The number of aryl methyl sites for hydroxylation is 1. The predicted octanol–water partition coefficient (Wildman–Crippen LogP) is 0.542.